The Hall–Kier alpha value is -2.08. The molecular weight excluding hydrogens is 521 g/mol. The average Bonchev–Trinajstić information content (AvgIpc) is 3.43. The molecule has 1 fully saturated rings. The van der Waals surface area contributed by atoms with Crippen LogP contribution in [0.2, 0.25) is 0 Å². The molecule has 2 aliphatic rings. The van der Waals surface area contributed by atoms with Crippen LogP contribution in [0.25, 0.3) is 0 Å². The molecule has 9 nitrogen and oxygen atoms in total. The lowest BCUT2D eigenvalue weighted by Gasteiger charge is -2.26. The highest BCUT2D eigenvalue weighted by Crippen LogP contribution is 2.26. The molecule has 0 saturated carbocycles. The van der Waals surface area contributed by atoms with Crippen LogP contribution < -0.4 is 20.3 Å². The summed E-state index contributed by atoms with van der Waals surface area (Å²) in [6.45, 7) is 4.24. The number of benzene rings is 1. The third-order valence-corrected chi connectivity index (χ3v) is 6.00. The number of anilines is 1. The Morgan fingerprint density at radius 3 is 2.91 bits per heavy atom. The zero-order valence-electron chi connectivity index (χ0n) is 19.1. The van der Waals surface area contributed by atoms with E-state index in [2.05, 4.69) is 48.8 Å². The molecule has 2 N–H and O–H groups in total. The minimum Gasteiger partial charge on any atom is -0.497 e. The molecule has 2 unspecified atom stereocenters. The SMILES string of the molecule is CN=C(NCC1CCN(c2cccc(OC)c2)C1)NC1CCc2nc(COC)nn2C1.I. The van der Waals surface area contributed by atoms with Crippen LogP contribution in [0.3, 0.4) is 0 Å². The second kappa shape index (κ2) is 11.7. The van der Waals surface area contributed by atoms with Gasteiger partial charge in [0.05, 0.1) is 13.7 Å². The summed E-state index contributed by atoms with van der Waals surface area (Å²) in [5.74, 6) is 4.13. The van der Waals surface area contributed by atoms with Gasteiger partial charge in [0.15, 0.2) is 11.8 Å². The van der Waals surface area contributed by atoms with Crippen molar-refractivity contribution in [3.8, 4) is 5.75 Å². The first kappa shape index (κ1) is 24.6. The van der Waals surface area contributed by atoms with Gasteiger partial charge in [-0.1, -0.05) is 6.07 Å². The van der Waals surface area contributed by atoms with Crippen molar-refractivity contribution in [2.45, 2.75) is 38.5 Å². The molecule has 176 valence electrons. The molecule has 1 saturated heterocycles. The summed E-state index contributed by atoms with van der Waals surface area (Å²) >= 11 is 0. The molecule has 2 aromatic rings. The summed E-state index contributed by atoms with van der Waals surface area (Å²) in [7, 11) is 5.20. The number of hydrogen-bond donors (Lipinski definition) is 2. The van der Waals surface area contributed by atoms with Crippen LogP contribution in [0.15, 0.2) is 29.3 Å². The number of methoxy groups -OCH3 is 2. The molecule has 0 aliphatic carbocycles. The fraction of sp³-hybridized carbons (Fsp3) is 0.591. The third kappa shape index (κ3) is 6.03. The highest BCUT2D eigenvalue weighted by atomic mass is 127. The number of ether oxygens (including phenoxy) is 2. The Morgan fingerprint density at radius 2 is 2.12 bits per heavy atom. The van der Waals surface area contributed by atoms with Crippen LogP contribution in [0, 0.1) is 5.92 Å². The van der Waals surface area contributed by atoms with E-state index in [1.54, 1.807) is 14.2 Å². The Bertz CT molecular complexity index is 904. The first-order valence-corrected chi connectivity index (χ1v) is 11.0. The van der Waals surface area contributed by atoms with E-state index in [0.29, 0.717) is 12.5 Å². The average molecular weight is 555 g/mol. The lowest BCUT2D eigenvalue weighted by Crippen LogP contribution is -2.48. The van der Waals surface area contributed by atoms with Crippen LogP contribution >= 0.6 is 24.0 Å². The van der Waals surface area contributed by atoms with Crippen molar-refractivity contribution in [3.63, 3.8) is 0 Å². The predicted octanol–water partition coefficient (Wildman–Crippen LogP) is 2.06. The van der Waals surface area contributed by atoms with Crippen molar-refractivity contribution in [1.82, 2.24) is 25.4 Å². The Kier molecular flexibility index (Phi) is 8.97. The molecule has 32 heavy (non-hydrogen) atoms. The summed E-state index contributed by atoms with van der Waals surface area (Å²) in [6.07, 6.45) is 3.08. The highest BCUT2D eigenvalue weighted by Gasteiger charge is 2.25. The highest BCUT2D eigenvalue weighted by molar-refractivity contribution is 14.0. The fourth-order valence-corrected chi connectivity index (χ4v) is 4.34. The summed E-state index contributed by atoms with van der Waals surface area (Å²) < 4.78 is 12.5. The number of halogens is 1. The van der Waals surface area contributed by atoms with Crippen LogP contribution in [0.4, 0.5) is 5.69 Å². The van der Waals surface area contributed by atoms with E-state index in [0.717, 1.165) is 68.8 Å². The number of hydrogen-bond acceptors (Lipinski definition) is 6. The van der Waals surface area contributed by atoms with Gasteiger partial charge in [0.2, 0.25) is 0 Å². The number of aromatic nitrogens is 3. The van der Waals surface area contributed by atoms with Gasteiger partial charge >= 0.3 is 0 Å². The second-order valence-electron chi connectivity index (χ2n) is 8.19. The molecule has 1 aromatic carbocycles. The normalized spacial score (nSPS) is 20.5. The van der Waals surface area contributed by atoms with E-state index in [-0.39, 0.29) is 30.0 Å². The first-order valence-electron chi connectivity index (χ1n) is 11.0. The third-order valence-electron chi connectivity index (χ3n) is 6.00. The number of rotatable bonds is 7. The maximum Gasteiger partial charge on any atom is 0.191 e. The van der Waals surface area contributed by atoms with Gasteiger partial charge in [-0.15, -0.1) is 24.0 Å². The summed E-state index contributed by atoms with van der Waals surface area (Å²) in [5.41, 5.74) is 1.23. The van der Waals surface area contributed by atoms with Gasteiger partial charge < -0.3 is 25.0 Å². The number of nitrogens with one attached hydrogen (secondary N) is 2. The molecule has 0 spiro atoms. The predicted molar refractivity (Wildman–Crippen MR) is 136 cm³/mol. The minimum atomic E-state index is 0. The zero-order chi connectivity index (χ0) is 21.6. The van der Waals surface area contributed by atoms with Gasteiger partial charge in [-0.2, -0.15) is 5.10 Å². The van der Waals surface area contributed by atoms with Gasteiger partial charge in [-0.05, 0) is 30.9 Å². The molecular formula is C22H34IN7O2. The van der Waals surface area contributed by atoms with Crippen LogP contribution in [0.5, 0.6) is 5.75 Å². The fourth-order valence-electron chi connectivity index (χ4n) is 4.34. The number of aryl methyl sites for hydroxylation is 1. The molecule has 4 rings (SSSR count). The monoisotopic (exact) mass is 555 g/mol. The Labute approximate surface area is 207 Å². The molecule has 0 bridgehead atoms. The number of guanidine groups is 1. The van der Waals surface area contributed by atoms with Crippen molar-refractivity contribution in [1.29, 1.82) is 0 Å². The number of nitrogens with zero attached hydrogens (tertiary/aromatic N) is 5. The maximum atomic E-state index is 5.36. The topological polar surface area (TPSA) is 88.8 Å². The molecule has 2 atom stereocenters. The lowest BCUT2D eigenvalue weighted by atomic mass is 10.1. The van der Waals surface area contributed by atoms with E-state index in [1.165, 1.54) is 5.69 Å². The van der Waals surface area contributed by atoms with Gasteiger partial charge in [-0.3, -0.25) is 4.99 Å². The van der Waals surface area contributed by atoms with E-state index in [9.17, 15) is 0 Å². The summed E-state index contributed by atoms with van der Waals surface area (Å²) in [4.78, 5) is 11.4. The molecule has 3 heterocycles. The quantitative estimate of drug-likeness (QED) is 0.307. The first-order chi connectivity index (χ1) is 15.2. The van der Waals surface area contributed by atoms with Gasteiger partial charge in [0.1, 0.15) is 18.2 Å². The van der Waals surface area contributed by atoms with E-state index < -0.39 is 0 Å². The summed E-state index contributed by atoms with van der Waals surface area (Å²) in [5, 5.41) is 11.6. The number of fused-ring (bicyclic) bond motifs is 1. The van der Waals surface area contributed by atoms with Gasteiger partial charge in [-0.25, -0.2) is 9.67 Å². The van der Waals surface area contributed by atoms with E-state index in [1.807, 2.05) is 17.8 Å². The lowest BCUT2D eigenvalue weighted by molar-refractivity contribution is 0.177. The van der Waals surface area contributed by atoms with E-state index >= 15 is 0 Å². The van der Waals surface area contributed by atoms with Crippen LogP contribution in [-0.2, 0) is 24.3 Å². The number of aliphatic imine (C=N–C) groups is 1. The Balaban J connectivity index is 0.00000289. The van der Waals surface area contributed by atoms with Crippen molar-refractivity contribution >= 4 is 35.6 Å². The van der Waals surface area contributed by atoms with Crippen molar-refractivity contribution in [2.24, 2.45) is 10.9 Å². The maximum absolute atomic E-state index is 5.36. The van der Waals surface area contributed by atoms with E-state index in [4.69, 9.17) is 9.47 Å². The molecule has 1 aromatic heterocycles. The molecule has 2 aliphatic heterocycles. The minimum absolute atomic E-state index is 0. The molecule has 0 radical (unpaired) electrons. The van der Waals surface area contributed by atoms with Crippen LogP contribution in [-0.4, -0.2) is 67.7 Å². The van der Waals surface area contributed by atoms with Crippen molar-refractivity contribution in [2.75, 3.05) is 45.8 Å². The van der Waals surface area contributed by atoms with Crippen molar-refractivity contribution < 1.29 is 9.47 Å². The standard InChI is InChI=1S/C22H33N7O2.HI/c1-23-22(25-17-7-8-21-26-20(15-30-2)27-29(21)14-17)24-12-16-9-10-28(13-16)18-5-4-6-19(11-18)31-3;/h4-6,11,16-17H,7-10,12-15H2,1-3H3,(H2,23,24,25);1H. The van der Waals surface area contributed by atoms with Crippen molar-refractivity contribution in [3.05, 3.63) is 35.9 Å². The molecule has 10 heteroatoms. The largest absolute Gasteiger partial charge is 0.497 e. The van der Waals surface area contributed by atoms with Crippen LogP contribution in [0.1, 0.15) is 24.5 Å². The zero-order valence-corrected chi connectivity index (χ0v) is 21.4. The smallest absolute Gasteiger partial charge is 0.191 e. The summed E-state index contributed by atoms with van der Waals surface area (Å²) in [6, 6.07) is 8.58. The molecule has 0 amide bonds. The van der Waals surface area contributed by atoms with Gasteiger partial charge in [0.25, 0.3) is 0 Å². The van der Waals surface area contributed by atoms with Gasteiger partial charge in [0, 0.05) is 58.0 Å². The Morgan fingerprint density at radius 1 is 1.25 bits per heavy atom. The second-order valence-corrected chi connectivity index (χ2v) is 8.19.